The molecule has 0 amide bonds. The van der Waals surface area contributed by atoms with E-state index in [1.54, 1.807) is 24.2 Å². The molecule has 0 spiro atoms. The van der Waals surface area contributed by atoms with E-state index in [-0.39, 0.29) is 17.1 Å². The number of hydrogen-bond acceptors (Lipinski definition) is 2. The maximum atomic E-state index is 4.33. The topological polar surface area (TPSA) is 26.5 Å². The van der Waals surface area contributed by atoms with Gasteiger partial charge in [-0.25, -0.2) is 0 Å². The van der Waals surface area contributed by atoms with Gasteiger partial charge in [-0.1, -0.05) is 194 Å². The van der Waals surface area contributed by atoms with Crippen LogP contribution in [0.2, 0.25) is 0 Å². The Morgan fingerprint density at radius 1 is 0.407 bits per heavy atom. The van der Waals surface area contributed by atoms with Crippen molar-refractivity contribution in [1.29, 1.82) is 0 Å². The van der Waals surface area contributed by atoms with Gasteiger partial charge in [-0.15, -0.1) is 17.5 Å². The SMILES string of the molecule is CSc1ccc(N=Cc2ccc[n-]2)cc1.[Cu+].c1ccc(P(c2ccccc2)c2ccccc2)cc1.c1ccc(P(c2ccccc2)c2ccccc2)cc1. The molecule has 7 aromatic carbocycles. The molecular weight excluding hydrogens is 762 g/mol. The molecule has 0 aliphatic carbocycles. The van der Waals surface area contributed by atoms with E-state index >= 15 is 0 Å². The second kappa shape index (κ2) is 22.4. The average molecular weight is 803 g/mol. The van der Waals surface area contributed by atoms with Crippen molar-refractivity contribution in [2.75, 3.05) is 6.26 Å². The Kier molecular flexibility index (Phi) is 16.8. The third kappa shape index (κ3) is 12.1. The van der Waals surface area contributed by atoms with Gasteiger partial charge in [0.25, 0.3) is 0 Å². The van der Waals surface area contributed by atoms with Gasteiger partial charge in [0, 0.05) is 11.1 Å². The standard InChI is InChI=1S/2C18H15P.C12H11N2S.Cu/c2*1-4-10-16(11-5-1)19(17-12-6-2-7-13-17)18-14-8-3-9-15-18;1-15-12-6-4-10(5-7-12)14-9-11-3-2-8-13-11;/h2*1-15H;2-9H,1H3;/q;;-1;+1. The maximum Gasteiger partial charge on any atom is 1.00 e. The molecule has 0 radical (unpaired) electrons. The first-order chi connectivity index (χ1) is 26.3. The van der Waals surface area contributed by atoms with Gasteiger partial charge in [0.1, 0.15) is 0 Å². The molecule has 0 N–H and O–H groups in total. The average Bonchev–Trinajstić information content (AvgIpc) is 3.78. The maximum absolute atomic E-state index is 4.33. The Bertz CT molecular complexity index is 1880. The molecule has 0 aliphatic heterocycles. The number of benzene rings is 7. The summed E-state index contributed by atoms with van der Waals surface area (Å²) in [6.45, 7) is 0. The van der Waals surface area contributed by atoms with Crippen molar-refractivity contribution in [1.82, 2.24) is 4.98 Å². The third-order valence-corrected chi connectivity index (χ3v) is 13.7. The van der Waals surface area contributed by atoms with Crippen molar-refractivity contribution in [2.24, 2.45) is 4.99 Å². The molecule has 6 heteroatoms. The minimum absolute atomic E-state index is 0. The smallest absolute Gasteiger partial charge is 0.663 e. The Labute approximate surface area is 337 Å². The fourth-order valence-electron chi connectivity index (χ4n) is 5.56. The summed E-state index contributed by atoms with van der Waals surface area (Å²) in [7, 11) is -0.892. The van der Waals surface area contributed by atoms with Gasteiger partial charge in [-0.2, -0.15) is 6.20 Å². The molecule has 0 aliphatic rings. The van der Waals surface area contributed by atoms with Crippen LogP contribution in [0.5, 0.6) is 0 Å². The van der Waals surface area contributed by atoms with Gasteiger partial charge >= 0.3 is 17.1 Å². The van der Waals surface area contributed by atoms with Crippen molar-refractivity contribution in [3.05, 3.63) is 230 Å². The molecule has 270 valence electrons. The summed E-state index contributed by atoms with van der Waals surface area (Å²) in [5, 5.41) is 8.39. The molecule has 0 saturated carbocycles. The van der Waals surface area contributed by atoms with E-state index in [9.17, 15) is 0 Å². The first-order valence-electron chi connectivity index (χ1n) is 17.4. The van der Waals surface area contributed by atoms with Crippen LogP contribution in [0.15, 0.2) is 234 Å². The summed E-state index contributed by atoms with van der Waals surface area (Å²) in [4.78, 5) is 9.69. The Hall–Kier alpha value is -4.78. The Balaban J connectivity index is 0.000000156. The summed E-state index contributed by atoms with van der Waals surface area (Å²) in [5.74, 6) is 0. The molecule has 0 saturated heterocycles. The third-order valence-electron chi connectivity index (χ3n) is 8.08. The molecule has 54 heavy (non-hydrogen) atoms. The predicted molar refractivity (Wildman–Crippen MR) is 236 cm³/mol. The van der Waals surface area contributed by atoms with Crippen molar-refractivity contribution in [3.63, 3.8) is 0 Å². The van der Waals surface area contributed by atoms with Crippen molar-refractivity contribution >= 4 is 71.3 Å². The zero-order valence-electron chi connectivity index (χ0n) is 29.9. The zero-order chi connectivity index (χ0) is 36.3. The van der Waals surface area contributed by atoms with Gasteiger partial charge in [-0.05, 0) is 78.2 Å². The van der Waals surface area contributed by atoms with Crippen molar-refractivity contribution in [3.8, 4) is 0 Å². The monoisotopic (exact) mass is 802 g/mol. The van der Waals surface area contributed by atoms with E-state index in [0.717, 1.165) is 11.4 Å². The molecule has 0 bridgehead atoms. The first kappa shape index (κ1) is 40.4. The van der Waals surface area contributed by atoms with Crippen LogP contribution in [0.4, 0.5) is 5.69 Å². The van der Waals surface area contributed by atoms with Crippen LogP contribution in [0.1, 0.15) is 5.69 Å². The number of rotatable bonds is 9. The summed E-state index contributed by atoms with van der Waals surface area (Å²) >= 11 is 1.73. The summed E-state index contributed by atoms with van der Waals surface area (Å²) in [6.07, 6.45) is 5.60. The van der Waals surface area contributed by atoms with Crippen molar-refractivity contribution < 1.29 is 17.1 Å². The largest absolute Gasteiger partial charge is 1.00 e. The van der Waals surface area contributed by atoms with Gasteiger partial charge in [0.2, 0.25) is 0 Å². The molecule has 0 unspecified atom stereocenters. The molecule has 1 aromatic heterocycles. The second-order valence-corrected chi connectivity index (χ2v) is 17.0. The van der Waals surface area contributed by atoms with Crippen LogP contribution in [-0.2, 0) is 17.1 Å². The van der Waals surface area contributed by atoms with Crippen LogP contribution in [-0.4, -0.2) is 12.5 Å². The minimum atomic E-state index is -0.446. The normalized spacial score (nSPS) is 10.5. The van der Waals surface area contributed by atoms with E-state index < -0.39 is 15.8 Å². The number of hydrogen-bond donors (Lipinski definition) is 0. The number of nitrogens with zero attached hydrogens (tertiary/aromatic N) is 2. The molecule has 8 aromatic rings. The molecule has 0 fully saturated rings. The fraction of sp³-hybridized carbons (Fsp3) is 0.0208. The zero-order valence-corrected chi connectivity index (χ0v) is 33.5. The van der Waals surface area contributed by atoms with Crippen LogP contribution < -0.4 is 36.8 Å². The first-order valence-corrected chi connectivity index (χ1v) is 21.4. The number of aromatic nitrogens is 1. The molecule has 0 atom stereocenters. The predicted octanol–water partition coefficient (Wildman–Crippen LogP) is 10.0. The van der Waals surface area contributed by atoms with Crippen LogP contribution in [0, 0.1) is 0 Å². The van der Waals surface area contributed by atoms with E-state index in [0.29, 0.717) is 0 Å². The van der Waals surface area contributed by atoms with Gasteiger partial charge in [-0.3, -0.25) is 4.99 Å². The molecule has 8 rings (SSSR count). The van der Waals surface area contributed by atoms with E-state index in [1.807, 2.05) is 24.3 Å². The van der Waals surface area contributed by atoms with E-state index in [1.165, 1.54) is 36.7 Å². The number of thioether (sulfide) groups is 1. The quantitative estimate of drug-likeness (QED) is 0.0629. The van der Waals surface area contributed by atoms with Crippen LogP contribution >= 0.6 is 27.6 Å². The Morgan fingerprint density at radius 2 is 0.722 bits per heavy atom. The van der Waals surface area contributed by atoms with Gasteiger partial charge in [0.05, 0.1) is 5.69 Å². The molecule has 1 heterocycles. The van der Waals surface area contributed by atoms with Crippen LogP contribution in [0.3, 0.4) is 0 Å². The van der Waals surface area contributed by atoms with Gasteiger partial charge < -0.3 is 4.98 Å². The van der Waals surface area contributed by atoms with Gasteiger partial charge in [0.15, 0.2) is 0 Å². The van der Waals surface area contributed by atoms with E-state index in [4.69, 9.17) is 0 Å². The van der Waals surface area contributed by atoms with E-state index in [2.05, 4.69) is 210 Å². The second-order valence-electron chi connectivity index (χ2n) is 11.7. The van der Waals surface area contributed by atoms with Crippen molar-refractivity contribution in [2.45, 2.75) is 4.90 Å². The molecular formula is C48H41CuN2P2S. The Morgan fingerprint density at radius 3 is 0.981 bits per heavy atom. The molecule has 2 nitrogen and oxygen atoms in total. The fourth-order valence-corrected chi connectivity index (χ4v) is 10.6. The minimum Gasteiger partial charge on any atom is -0.663 e. The van der Waals surface area contributed by atoms with Crippen LogP contribution in [0.25, 0.3) is 0 Å². The summed E-state index contributed by atoms with van der Waals surface area (Å²) in [6, 6.07) is 76.6. The number of aliphatic imine (C=N–C) groups is 1. The summed E-state index contributed by atoms with van der Waals surface area (Å²) < 4.78 is 0. The summed E-state index contributed by atoms with van der Waals surface area (Å²) in [5.41, 5.74) is 1.85.